The molecule has 0 spiro atoms. The third-order valence-electron chi connectivity index (χ3n) is 10.5. The predicted molar refractivity (Wildman–Crippen MR) is 226 cm³/mol. The van der Waals surface area contributed by atoms with E-state index in [4.69, 9.17) is 4.74 Å². The molecule has 1 heterocycles. The van der Waals surface area contributed by atoms with Gasteiger partial charge in [-0.2, -0.15) is 0 Å². The van der Waals surface area contributed by atoms with Gasteiger partial charge in [0.25, 0.3) is 0 Å². The van der Waals surface area contributed by atoms with E-state index in [-0.39, 0.29) is 0 Å². The van der Waals surface area contributed by atoms with Gasteiger partial charge in [-0.05, 0) is 110 Å². The highest BCUT2D eigenvalue weighted by Crippen LogP contribution is 2.54. The lowest BCUT2D eigenvalue weighted by Gasteiger charge is -2.29. The second-order valence-electron chi connectivity index (χ2n) is 13.7. The SMILES string of the molecule is c1ccc(-c2ccc(N(c3ccc(-c4ccccc4)cc3)c3cccc4c3-c3ccc(-c5ccccc5)cc3-c3cc5ccccc5cc3O4)cc2)cc1. The molecule has 9 aromatic rings. The molecule has 0 fully saturated rings. The summed E-state index contributed by atoms with van der Waals surface area (Å²) < 4.78 is 7.03. The van der Waals surface area contributed by atoms with E-state index in [2.05, 4.69) is 217 Å². The molecule has 2 heteroatoms. The first-order valence-electron chi connectivity index (χ1n) is 18.4. The second-order valence-corrected chi connectivity index (χ2v) is 13.7. The van der Waals surface area contributed by atoms with Crippen LogP contribution in [0.15, 0.2) is 212 Å². The third kappa shape index (κ3) is 5.71. The smallest absolute Gasteiger partial charge is 0.137 e. The molecule has 0 bridgehead atoms. The Morgan fingerprint density at radius 3 is 1.35 bits per heavy atom. The van der Waals surface area contributed by atoms with Gasteiger partial charge in [0.15, 0.2) is 0 Å². The van der Waals surface area contributed by atoms with E-state index >= 15 is 0 Å². The van der Waals surface area contributed by atoms with E-state index in [0.29, 0.717) is 0 Å². The van der Waals surface area contributed by atoms with Crippen LogP contribution >= 0.6 is 0 Å². The molecule has 0 amide bonds. The quantitative estimate of drug-likeness (QED) is 0.172. The second kappa shape index (κ2) is 13.4. The molecule has 0 aromatic heterocycles. The topological polar surface area (TPSA) is 12.5 Å². The van der Waals surface area contributed by atoms with Crippen molar-refractivity contribution >= 4 is 27.8 Å². The van der Waals surface area contributed by atoms with Crippen LogP contribution in [0.3, 0.4) is 0 Å². The Hall–Kier alpha value is -7.16. The van der Waals surface area contributed by atoms with Gasteiger partial charge in [0.1, 0.15) is 11.5 Å². The van der Waals surface area contributed by atoms with Crippen molar-refractivity contribution in [1.29, 1.82) is 0 Å². The van der Waals surface area contributed by atoms with E-state index < -0.39 is 0 Å². The normalized spacial score (nSPS) is 11.5. The number of ether oxygens (including phenoxy) is 1. The highest BCUT2D eigenvalue weighted by Gasteiger charge is 2.27. The summed E-state index contributed by atoms with van der Waals surface area (Å²) in [6.07, 6.45) is 0. The van der Waals surface area contributed by atoms with Gasteiger partial charge in [0.2, 0.25) is 0 Å². The number of hydrogen-bond acceptors (Lipinski definition) is 2. The maximum Gasteiger partial charge on any atom is 0.137 e. The number of nitrogens with zero attached hydrogens (tertiary/aromatic N) is 1. The van der Waals surface area contributed by atoms with Gasteiger partial charge in [0.05, 0.1) is 5.69 Å². The molecule has 54 heavy (non-hydrogen) atoms. The van der Waals surface area contributed by atoms with E-state index in [0.717, 1.165) is 56.2 Å². The molecule has 0 radical (unpaired) electrons. The minimum absolute atomic E-state index is 0.821. The van der Waals surface area contributed by atoms with E-state index in [1.54, 1.807) is 0 Å². The maximum atomic E-state index is 7.03. The summed E-state index contributed by atoms with van der Waals surface area (Å²) in [4.78, 5) is 2.37. The van der Waals surface area contributed by atoms with E-state index in [1.165, 1.54) is 38.8 Å². The van der Waals surface area contributed by atoms with Crippen LogP contribution in [-0.2, 0) is 0 Å². The lowest BCUT2D eigenvalue weighted by Crippen LogP contribution is -2.11. The fourth-order valence-electron chi connectivity index (χ4n) is 7.78. The zero-order valence-electron chi connectivity index (χ0n) is 29.6. The largest absolute Gasteiger partial charge is 0.456 e. The first-order chi connectivity index (χ1) is 26.8. The Kier molecular flexibility index (Phi) is 7.85. The molecule has 0 unspecified atom stereocenters. The van der Waals surface area contributed by atoms with Crippen LogP contribution in [0.5, 0.6) is 11.5 Å². The van der Waals surface area contributed by atoms with Crippen LogP contribution in [0.2, 0.25) is 0 Å². The lowest BCUT2D eigenvalue weighted by atomic mass is 9.89. The molecule has 0 saturated carbocycles. The summed E-state index contributed by atoms with van der Waals surface area (Å²) >= 11 is 0. The molecular formula is C52H35NO. The van der Waals surface area contributed by atoms with Crippen LogP contribution in [0.25, 0.3) is 66.4 Å². The van der Waals surface area contributed by atoms with Gasteiger partial charge < -0.3 is 9.64 Å². The summed E-state index contributed by atoms with van der Waals surface area (Å²) in [7, 11) is 0. The average molecular weight is 690 g/mol. The minimum Gasteiger partial charge on any atom is -0.456 e. The number of rotatable bonds is 6. The molecule has 1 aliphatic heterocycles. The first kappa shape index (κ1) is 31.6. The fraction of sp³-hybridized carbons (Fsp3) is 0. The Balaban J connectivity index is 1.20. The molecular weight excluding hydrogens is 655 g/mol. The van der Waals surface area contributed by atoms with Gasteiger partial charge in [0, 0.05) is 22.5 Å². The zero-order chi connectivity index (χ0) is 35.8. The molecule has 10 rings (SSSR count). The summed E-state index contributed by atoms with van der Waals surface area (Å²) in [6.45, 7) is 0. The average Bonchev–Trinajstić information content (AvgIpc) is 3.38. The molecule has 1 aliphatic rings. The summed E-state index contributed by atoms with van der Waals surface area (Å²) in [6, 6.07) is 75.8. The van der Waals surface area contributed by atoms with Crippen molar-refractivity contribution in [2.24, 2.45) is 0 Å². The van der Waals surface area contributed by atoms with Crippen molar-refractivity contribution in [2.75, 3.05) is 4.90 Å². The molecule has 0 saturated heterocycles. The van der Waals surface area contributed by atoms with Crippen molar-refractivity contribution in [1.82, 2.24) is 0 Å². The van der Waals surface area contributed by atoms with Crippen molar-refractivity contribution in [3.63, 3.8) is 0 Å². The highest BCUT2D eigenvalue weighted by molar-refractivity contribution is 6.02. The van der Waals surface area contributed by atoms with Gasteiger partial charge in [-0.3, -0.25) is 0 Å². The number of fused-ring (bicyclic) bond motifs is 6. The van der Waals surface area contributed by atoms with Crippen LogP contribution in [-0.4, -0.2) is 0 Å². The van der Waals surface area contributed by atoms with E-state index in [1.807, 2.05) is 0 Å². The molecule has 0 N–H and O–H groups in total. The van der Waals surface area contributed by atoms with Crippen molar-refractivity contribution in [3.05, 3.63) is 212 Å². The maximum absolute atomic E-state index is 7.03. The number of anilines is 3. The summed E-state index contributed by atoms with van der Waals surface area (Å²) in [5.74, 6) is 1.67. The Labute approximate surface area is 315 Å². The van der Waals surface area contributed by atoms with Crippen molar-refractivity contribution in [2.45, 2.75) is 0 Å². The molecule has 254 valence electrons. The minimum atomic E-state index is 0.821. The number of hydrogen-bond donors (Lipinski definition) is 0. The fourth-order valence-corrected chi connectivity index (χ4v) is 7.78. The van der Waals surface area contributed by atoms with Gasteiger partial charge in [-0.25, -0.2) is 0 Å². The lowest BCUT2D eigenvalue weighted by molar-refractivity contribution is 0.488. The van der Waals surface area contributed by atoms with Crippen LogP contribution < -0.4 is 9.64 Å². The standard InChI is InChI=1S/C52H35NO/c1-4-13-36(14-5-1)39-23-28-44(29-24-39)53(45-30-25-40(26-31-45)37-15-6-2-7-16-37)49-21-12-22-50-52(49)46-32-27-43(38-17-8-3-9-18-38)33-47(46)48-34-41-19-10-11-20-42(41)35-51(48)54-50/h1-35H. The van der Waals surface area contributed by atoms with E-state index in [9.17, 15) is 0 Å². The Bertz CT molecular complexity index is 2670. The molecule has 2 nitrogen and oxygen atoms in total. The van der Waals surface area contributed by atoms with Crippen LogP contribution in [0, 0.1) is 0 Å². The van der Waals surface area contributed by atoms with Gasteiger partial charge >= 0.3 is 0 Å². The van der Waals surface area contributed by atoms with Gasteiger partial charge in [-0.1, -0.05) is 158 Å². The van der Waals surface area contributed by atoms with Crippen molar-refractivity contribution < 1.29 is 4.74 Å². The highest BCUT2D eigenvalue weighted by atomic mass is 16.5. The van der Waals surface area contributed by atoms with Crippen LogP contribution in [0.4, 0.5) is 17.1 Å². The monoisotopic (exact) mass is 689 g/mol. The third-order valence-corrected chi connectivity index (χ3v) is 10.5. The Morgan fingerprint density at radius 2 is 0.778 bits per heavy atom. The predicted octanol–water partition coefficient (Wildman–Crippen LogP) is 14.8. The summed E-state index contributed by atoms with van der Waals surface area (Å²) in [5, 5.41) is 2.33. The first-order valence-corrected chi connectivity index (χ1v) is 18.4. The Morgan fingerprint density at radius 1 is 0.296 bits per heavy atom. The number of benzene rings is 9. The van der Waals surface area contributed by atoms with Gasteiger partial charge in [-0.15, -0.1) is 0 Å². The molecule has 0 aliphatic carbocycles. The molecule has 0 atom stereocenters. The zero-order valence-corrected chi connectivity index (χ0v) is 29.6. The van der Waals surface area contributed by atoms with Crippen molar-refractivity contribution in [3.8, 4) is 67.1 Å². The van der Waals surface area contributed by atoms with Crippen LogP contribution in [0.1, 0.15) is 0 Å². The summed E-state index contributed by atoms with van der Waals surface area (Å²) in [5.41, 5.74) is 14.6. The molecule has 9 aromatic carbocycles.